The second kappa shape index (κ2) is 18.1. The maximum atomic E-state index is 9.42. The molecule has 0 fully saturated rings. The van der Waals surface area contributed by atoms with Crippen LogP contribution in [-0.4, -0.2) is 26.3 Å². The zero-order chi connectivity index (χ0) is 40.3. The van der Waals surface area contributed by atoms with Crippen LogP contribution in [0.15, 0.2) is 200 Å². The second-order valence-corrected chi connectivity index (χ2v) is 17.9. The molecule has 8 aromatic carbocycles. The van der Waals surface area contributed by atoms with E-state index < -0.39 is 7.12 Å². The van der Waals surface area contributed by atoms with Gasteiger partial charge in [-0.2, -0.15) is 0 Å². The summed E-state index contributed by atoms with van der Waals surface area (Å²) < 4.78 is 10.1. The van der Waals surface area contributed by atoms with Crippen molar-refractivity contribution >= 4 is 143 Å². The number of fused-ring (bicyclic) bond motifs is 6. The molecule has 0 bridgehead atoms. The normalized spacial score (nSPS) is 11.0. The molecule has 284 valence electrons. The van der Waals surface area contributed by atoms with E-state index in [0.717, 1.165) is 40.3 Å². The average molecular weight is 1130 g/mol. The van der Waals surface area contributed by atoms with Crippen molar-refractivity contribution in [3.8, 4) is 22.5 Å². The van der Waals surface area contributed by atoms with E-state index in [1.807, 2.05) is 66.7 Å². The van der Waals surface area contributed by atoms with Crippen molar-refractivity contribution < 1.29 is 10.0 Å². The fraction of sp³-hybridized carbons (Fsp3) is 0. The minimum atomic E-state index is -1.46. The van der Waals surface area contributed by atoms with Crippen LogP contribution in [-0.2, 0) is 0 Å². The lowest BCUT2D eigenvalue weighted by molar-refractivity contribution is 0.426. The Morgan fingerprint density at radius 2 is 0.759 bits per heavy atom. The largest absolute Gasteiger partial charge is 0.488 e. The Balaban J connectivity index is 0.000000136. The standard InChI is InChI=1S/C24H15Br2N.C18H14BNO2.C6H3Br2I/c25-20-11-6-12-21(26)24(20)16-7-5-8-17(15-16)27-22-13-3-1-9-18(22)19-10-2-4-14-23(19)27;21-19(22)13-6-5-7-14(12-13)20-17-10-3-1-8-15(17)16-9-2-4-11-18(16)20;7-4-2-1-3-5(8)6(4)9/h1-15H;1-12,21-22H;1-3H. The van der Waals surface area contributed by atoms with Gasteiger partial charge in [0.2, 0.25) is 0 Å². The summed E-state index contributed by atoms with van der Waals surface area (Å²) in [6.07, 6.45) is 0. The van der Waals surface area contributed by atoms with Crippen LogP contribution < -0.4 is 5.46 Å². The van der Waals surface area contributed by atoms with Gasteiger partial charge < -0.3 is 19.2 Å². The van der Waals surface area contributed by atoms with Gasteiger partial charge in [-0.25, -0.2) is 0 Å². The number of rotatable bonds is 4. The maximum Gasteiger partial charge on any atom is 0.488 e. The predicted molar refractivity (Wildman–Crippen MR) is 267 cm³/mol. The summed E-state index contributed by atoms with van der Waals surface area (Å²) in [6.45, 7) is 0. The van der Waals surface area contributed by atoms with Gasteiger partial charge in [0.05, 0.1) is 22.1 Å². The molecule has 4 nitrogen and oxygen atoms in total. The molecule has 0 aliphatic heterocycles. The summed E-state index contributed by atoms with van der Waals surface area (Å²) in [5, 5.41) is 23.8. The van der Waals surface area contributed by atoms with Crippen LogP contribution in [0.1, 0.15) is 0 Å². The number of benzene rings is 8. The lowest BCUT2D eigenvalue weighted by atomic mass is 9.80. The topological polar surface area (TPSA) is 50.3 Å². The number of hydrogen-bond acceptors (Lipinski definition) is 2. The maximum absolute atomic E-state index is 9.42. The third kappa shape index (κ3) is 8.25. The lowest BCUT2D eigenvalue weighted by Gasteiger charge is -2.12. The first-order valence-corrected chi connectivity index (χ1v) is 22.5. The molecule has 0 saturated carbocycles. The Bertz CT molecular complexity index is 2940. The number of nitrogens with zero attached hydrogens (tertiary/aromatic N) is 2. The van der Waals surface area contributed by atoms with Gasteiger partial charge >= 0.3 is 7.12 Å². The number of halogens is 5. The van der Waals surface area contributed by atoms with Crippen LogP contribution in [0.25, 0.3) is 66.1 Å². The molecule has 0 radical (unpaired) electrons. The van der Waals surface area contributed by atoms with Gasteiger partial charge in [0.15, 0.2) is 0 Å². The van der Waals surface area contributed by atoms with Gasteiger partial charge in [0.25, 0.3) is 0 Å². The van der Waals surface area contributed by atoms with Gasteiger partial charge in [0, 0.05) is 59.9 Å². The van der Waals surface area contributed by atoms with E-state index in [4.69, 9.17) is 0 Å². The molecular weight excluding hydrogens is 1090 g/mol. The molecule has 10 heteroatoms. The molecule has 2 aromatic heterocycles. The van der Waals surface area contributed by atoms with Crippen LogP contribution in [0.4, 0.5) is 0 Å². The molecule has 0 unspecified atom stereocenters. The van der Waals surface area contributed by atoms with E-state index in [2.05, 4.69) is 205 Å². The van der Waals surface area contributed by atoms with Gasteiger partial charge in [0.1, 0.15) is 0 Å². The fourth-order valence-corrected chi connectivity index (χ4v) is 10.1. The molecule has 2 heterocycles. The Morgan fingerprint density at radius 1 is 0.397 bits per heavy atom. The van der Waals surface area contributed by atoms with Crippen LogP contribution in [0.5, 0.6) is 0 Å². The third-order valence-corrected chi connectivity index (χ3v) is 15.1. The van der Waals surface area contributed by atoms with Crippen molar-refractivity contribution in [1.29, 1.82) is 0 Å². The molecule has 0 aliphatic rings. The highest BCUT2D eigenvalue weighted by molar-refractivity contribution is 14.1. The number of hydrogen-bond donors (Lipinski definition) is 2. The van der Waals surface area contributed by atoms with E-state index >= 15 is 0 Å². The SMILES string of the molecule is Brc1cccc(Br)c1-c1cccc(-n2c3ccccc3c3ccccc32)c1.Brc1cccc(Br)c1I.OB(O)c1cccc(-n2c3ccccc3c3ccccc32)c1. The minimum Gasteiger partial charge on any atom is -0.423 e. The molecule has 0 saturated heterocycles. The highest BCUT2D eigenvalue weighted by atomic mass is 127. The highest BCUT2D eigenvalue weighted by Crippen LogP contribution is 2.38. The van der Waals surface area contributed by atoms with Crippen LogP contribution in [0, 0.1) is 3.57 Å². The van der Waals surface area contributed by atoms with Crippen LogP contribution in [0.2, 0.25) is 0 Å². The van der Waals surface area contributed by atoms with Gasteiger partial charge in [-0.1, -0.05) is 141 Å². The van der Waals surface area contributed by atoms with Gasteiger partial charge in [-0.05, 0) is 138 Å². The zero-order valence-electron chi connectivity index (χ0n) is 30.6. The Kier molecular flexibility index (Phi) is 12.7. The van der Waals surface area contributed by atoms with E-state index in [0.29, 0.717) is 5.46 Å². The highest BCUT2D eigenvalue weighted by Gasteiger charge is 2.16. The molecule has 0 aliphatic carbocycles. The molecule has 0 spiro atoms. The van der Waals surface area contributed by atoms with Crippen molar-refractivity contribution in [3.05, 3.63) is 203 Å². The second-order valence-electron chi connectivity index (χ2n) is 13.4. The Hall–Kier alpha value is -4.01. The van der Waals surface area contributed by atoms with E-state index in [1.165, 1.54) is 47.3 Å². The average Bonchev–Trinajstić information content (AvgIpc) is 3.77. The first-order chi connectivity index (χ1) is 28.2. The molecular formula is C48H32BBr4IN2O2. The first-order valence-electron chi connectivity index (χ1n) is 18.3. The Morgan fingerprint density at radius 3 is 1.17 bits per heavy atom. The van der Waals surface area contributed by atoms with Gasteiger partial charge in [-0.3, -0.25) is 0 Å². The van der Waals surface area contributed by atoms with E-state index in [1.54, 1.807) is 6.07 Å². The lowest BCUT2D eigenvalue weighted by Crippen LogP contribution is -2.29. The van der Waals surface area contributed by atoms with Crippen molar-refractivity contribution in [1.82, 2.24) is 9.13 Å². The smallest absolute Gasteiger partial charge is 0.423 e. The molecule has 2 N–H and O–H groups in total. The number of aromatic nitrogens is 2. The summed E-state index contributed by atoms with van der Waals surface area (Å²) in [5.74, 6) is 0. The molecule has 58 heavy (non-hydrogen) atoms. The summed E-state index contributed by atoms with van der Waals surface area (Å²) in [4.78, 5) is 0. The summed E-state index contributed by atoms with van der Waals surface area (Å²) in [6, 6.07) is 61.9. The van der Waals surface area contributed by atoms with Crippen molar-refractivity contribution in [2.24, 2.45) is 0 Å². The zero-order valence-corrected chi connectivity index (χ0v) is 39.1. The van der Waals surface area contributed by atoms with E-state index in [-0.39, 0.29) is 0 Å². The number of para-hydroxylation sites is 4. The predicted octanol–water partition coefficient (Wildman–Crippen LogP) is 14.3. The monoisotopic (exact) mass is 1120 g/mol. The fourth-order valence-electron chi connectivity index (χ4n) is 7.28. The minimum absolute atomic E-state index is 0.486. The molecule has 0 atom stereocenters. The van der Waals surface area contributed by atoms with Crippen LogP contribution >= 0.6 is 86.3 Å². The molecule has 10 aromatic rings. The molecule has 0 amide bonds. The Labute approximate surface area is 384 Å². The summed E-state index contributed by atoms with van der Waals surface area (Å²) >= 11 is 16.5. The quantitative estimate of drug-likeness (QED) is 0.105. The van der Waals surface area contributed by atoms with Crippen molar-refractivity contribution in [2.75, 3.05) is 0 Å². The van der Waals surface area contributed by atoms with E-state index in [9.17, 15) is 10.0 Å². The van der Waals surface area contributed by atoms with Crippen molar-refractivity contribution in [3.63, 3.8) is 0 Å². The first kappa shape index (κ1) is 40.8. The van der Waals surface area contributed by atoms with Crippen LogP contribution in [0.3, 0.4) is 0 Å². The van der Waals surface area contributed by atoms with Crippen molar-refractivity contribution in [2.45, 2.75) is 0 Å². The molecule has 10 rings (SSSR count). The summed E-state index contributed by atoms with van der Waals surface area (Å²) in [5.41, 5.74) is 9.56. The third-order valence-electron chi connectivity index (χ3n) is 9.85. The van der Waals surface area contributed by atoms with Gasteiger partial charge in [-0.15, -0.1) is 0 Å². The summed E-state index contributed by atoms with van der Waals surface area (Å²) in [7, 11) is -1.46.